The zero-order valence-electron chi connectivity index (χ0n) is 21.1. The second kappa shape index (κ2) is 12.4. The van der Waals surface area contributed by atoms with Gasteiger partial charge in [-0.3, -0.25) is 9.89 Å². The van der Waals surface area contributed by atoms with E-state index >= 15 is 0 Å². The van der Waals surface area contributed by atoms with Gasteiger partial charge < -0.3 is 25.2 Å². The van der Waals surface area contributed by atoms with Crippen LogP contribution in [0, 0.1) is 18.8 Å². The predicted molar refractivity (Wildman–Crippen MR) is 137 cm³/mol. The van der Waals surface area contributed by atoms with Crippen LogP contribution in [0.3, 0.4) is 0 Å². The normalized spacial score (nSPS) is 23.4. The van der Waals surface area contributed by atoms with Crippen molar-refractivity contribution in [2.75, 3.05) is 48.3 Å². The lowest BCUT2D eigenvalue weighted by Crippen LogP contribution is -2.46. The topological polar surface area (TPSA) is 124 Å². The van der Waals surface area contributed by atoms with Crippen molar-refractivity contribution in [3.8, 4) is 12.8 Å². The maximum atomic E-state index is 9.06. The van der Waals surface area contributed by atoms with Crippen molar-refractivity contribution in [3.63, 3.8) is 0 Å². The summed E-state index contributed by atoms with van der Waals surface area (Å²) in [4.78, 5) is 27.8. The predicted octanol–water partition coefficient (Wildman–Crippen LogP) is 2.29. The molecule has 3 N–H and O–H groups in total. The van der Waals surface area contributed by atoms with E-state index in [2.05, 4.69) is 70.3 Å². The van der Waals surface area contributed by atoms with Crippen LogP contribution < -0.4 is 20.4 Å². The number of nitrogens with zero attached hydrogens (tertiary/aromatic N) is 6. The number of amides is 1. The molecule has 2 aromatic heterocycles. The largest absolute Gasteiger partial charge is 0.372 e. The highest BCUT2D eigenvalue weighted by Gasteiger charge is 2.28. The number of ether oxygens (including phenoxy) is 1. The third kappa shape index (κ3) is 7.29. The lowest BCUT2D eigenvalue weighted by atomic mass is 10.2. The van der Waals surface area contributed by atoms with Crippen LogP contribution in [0.25, 0.3) is 0 Å². The van der Waals surface area contributed by atoms with Crippen molar-refractivity contribution < 1.29 is 9.53 Å². The maximum Gasteiger partial charge on any atom is 0.235 e. The SMILES string of the molecule is C#C.CNC=O.C[C@@H]1CCN(c2nc(Nc3cc(C4CC4)[nH]n3)nc(N3C[C@@H](C)O[C@@H](C)C3)n2)C1. The van der Waals surface area contributed by atoms with Crippen LogP contribution >= 0.6 is 0 Å². The first kappa shape index (κ1) is 26.2. The lowest BCUT2D eigenvalue weighted by molar-refractivity contribution is -0.109. The smallest absolute Gasteiger partial charge is 0.235 e. The molecular formula is C24H37N9O2. The Labute approximate surface area is 207 Å². The molecule has 0 bridgehead atoms. The van der Waals surface area contributed by atoms with Crippen molar-refractivity contribution in [1.82, 2.24) is 30.5 Å². The molecule has 5 rings (SSSR count). The van der Waals surface area contributed by atoms with Gasteiger partial charge in [0.05, 0.1) is 12.2 Å². The number of nitrogens with one attached hydrogen (secondary N) is 3. The Hall–Kier alpha value is -3.39. The molecule has 2 aromatic rings. The van der Waals surface area contributed by atoms with Crippen molar-refractivity contribution in [1.29, 1.82) is 0 Å². The molecule has 1 saturated carbocycles. The highest BCUT2D eigenvalue weighted by Crippen LogP contribution is 2.39. The molecule has 11 nitrogen and oxygen atoms in total. The van der Waals surface area contributed by atoms with Gasteiger partial charge in [0.1, 0.15) is 0 Å². The standard InChI is InChI=1S/C20H30N8O.C2H5NO.C2H2/c1-12-6-7-27(9-12)19-22-18(21-17-8-16(25-26-17)15-4-5-15)23-20(24-19)28-10-13(2)29-14(3)11-28;1-3-2-4;1-2/h8,12-15H,4-7,9-11H2,1-3H3,(H2,21,22,23,24,25,26);2H,1H3,(H,3,4);1-2H/t12-,13-,14+;;/m1../s1. The van der Waals surface area contributed by atoms with E-state index in [1.807, 2.05) is 0 Å². The second-order valence-corrected chi connectivity index (χ2v) is 9.28. The molecule has 0 spiro atoms. The van der Waals surface area contributed by atoms with Gasteiger partial charge in [-0.25, -0.2) is 0 Å². The third-order valence-corrected chi connectivity index (χ3v) is 5.99. The summed E-state index contributed by atoms with van der Waals surface area (Å²) < 4.78 is 5.89. The van der Waals surface area contributed by atoms with Gasteiger partial charge in [0.15, 0.2) is 5.82 Å². The van der Waals surface area contributed by atoms with Crippen molar-refractivity contribution >= 4 is 30.1 Å². The number of H-pyrrole nitrogens is 1. The fourth-order valence-corrected chi connectivity index (χ4v) is 4.27. The van der Waals surface area contributed by atoms with Gasteiger partial charge in [-0.05, 0) is 39.0 Å². The number of carbonyl (C=O) groups is 1. The minimum absolute atomic E-state index is 0.148. The molecule has 3 fully saturated rings. The molecule has 0 radical (unpaired) electrons. The zero-order chi connectivity index (χ0) is 25.4. The van der Waals surface area contributed by atoms with E-state index in [1.165, 1.54) is 25.0 Å². The van der Waals surface area contributed by atoms with Crippen LogP contribution in [0.5, 0.6) is 0 Å². The molecule has 3 aliphatic rings. The average Bonchev–Trinajstić information content (AvgIpc) is 3.45. The summed E-state index contributed by atoms with van der Waals surface area (Å²) in [6.45, 7) is 9.97. The van der Waals surface area contributed by atoms with Crippen molar-refractivity contribution in [2.45, 2.75) is 58.2 Å². The first-order chi connectivity index (χ1) is 16.9. The van der Waals surface area contributed by atoms with E-state index < -0.39 is 0 Å². The van der Waals surface area contributed by atoms with Gasteiger partial charge in [0.25, 0.3) is 0 Å². The first-order valence-corrected chi connectivity index (χ1v) is 12.1. The Bertz CT molecular complexity index is 965. The number of rotatable bonds is 6. The molecule has 0 aromatic carbocycles. The van der Waals surface area contributed by atoms with Crippen LogP contribution in [0.4, 0.5) is 23.7 Å². The van der Waals surface area contributed by atoms with Gasteiger partial charge in [-0.2, -0.15) is 20.1 Å². The number of terminal acetylenes is 1. The van der Waals surface area contributed by atoms with E-state index in [9.17, 15) is 0 Å². The van der Waals surface area contributed by atoms with Crippen LogP contribution in [-0.2, 0) is 9.53 Å². The minimum Gasteiger partial charge on any atom is -0.372 e. The summed E-state index contributed by atoms with van der Waals surface area (Å²) >= 11 is 0. The number of carbonyl (C=O) groups excluding carboxylic acids is 1. The van der Waals surface area contributed by atoms with E-state index in [-0.39, 0.29) is 12.2 Å². The molecule has 1 aliphatic carbocycles. The molecule has 35 heavy (non-hydrogen) atoms. The third-order valence-electron chi connectivity index (χ3n) is 5.99. The molecule has 11 heteroatoms. The second-order valence-electron chi connectivity index (χ2n) is 9.28. The van der Waals surface area contributed by atoms with Gasteiger partial charge in [0, 0.05) is 50.9 Å². The Morgan fingerprint density at radius 2 is 1.66 bits per heavy atom. The summed E-state index contributed by atoms with van der Waals surface area (Å²) in [5.74, 6) is 4.04. The molecule has 1 amide bonds. The summed E-state index contributed by atoms with van der Waals surface area (Å²) in [7, 11) is 1.56. The van der Waals surface area contributed by atoms with Crippen LogP contribution in [0.1, 0.15) is 51.6 Å². The Balaban J connectivity index is 0.000000521. The summed E-state index contributed by atoms with van der Waals surface area (Å²) in [5.41, 5.74) is 1.19. The average molecular weight is 484 g/mol. The molecule has 2 saturated heterocycles. The number of hydrogen-bond acceptors (Lipinski definition) is 9. The van der Waals surface area contributed by atoms with Gasteiger partial charge >= 0.3 is 0 Å². The van der Waals surface area contributed by atoms with E-state index in [0.717, 1.165) is 37.9 Å². The Morgan fingerprint density at radius 3 is 2.20 bits per heavy atom. The molecule has 3 atom stereocenters. The zero-order valence-corrected chi connectivity index (χ0v) is 21.1. The highest BCUT2D eigenvalue weighted by molar-refractivity contribution is 5.53. The molecule has 0 unspecified atom stereocenters. The number of aromatic nitrogens is 5. The summed E-state index contributed by atoms with van der Waals surface area (Å²) in [5, 5.41) is 13.1. The Morgan fingerprint density at radius 1 is 1.03 bits per heavy atom. The van der Waals surface area contributed by atoms with Crippen LogP contribution in [-0.4, -0.2) is 77.0 Å². The fourth-order valence-electron chi connectivity index (χ4n) is 4.27. The molecule has 2 aliphatic heterocycles. The van der Waals surface area contributed by atoms with Gasteiger partial charge in [-0.1, -0.05) is 6.92 Å². The first-order valence-electron chi connectivity index (χ1n) is 12.1. The lowest BCUT2D eigenvalue weighted by Gasteiger charge is -2.35. The quantitative estimate of drug-likeness (QED) is 0.419. The molecule has 4 heterocycles. The van der Waals surface area contributed by atoms with Crippen LogP contribution in [0.15, 0.2) is 6.07 Å². The van der Waals surface area contributed by atoms with Gasteiger partial charge in [-0.15, -0.1) is 12.8 Å². The number of morpholine rings is 1. The number of anilines is 4. The van der Waals surface area contributed by atoms with Crippen molar-refractivity contribution in [3.05, 3.63) is 11.8 Å². The van der Waals surface area contributed by atoms with E-state index in [1.54, 1.807) is 7.05 Å². The number of aromatic amines is 1. The minimum atomic E-state index is 0.148. The number of hydrogen-bond donors (Lipinski definition) is 3. The van der Waals surface area contributed by atoms with E-state index in [4.69, 9.17) is 24.5 Å². The fraction of sp³-hybridized carbons (Fsp3) is 0.625. The molecule has 190 valence electrons. The van der Waals surface area contributed by atoms with E-state index in [0.29, 0.717) is 30.1 Å². The van der Waals surface area contributed by atoms with Crippen LogP contribution in [0.2, 0.25) is 0 Å². The molecular weight excluding hydrogens is 446 g/mol. The van der Waals surface area contributed by atoms with Gasteiger partial charge in [0.2, 0.25) is 24.3 Å². The highest BCUT2D eigenvalue weighted by atomic mass is 16.5. The van der Waals surface area contributed by atoms with Crippen molar-refractivity contribution in [2.24, 2.45) is 5.92 Å². The maximum absolute atomic E-state index is 9.06. The Kier molecular flexibility index (Phi) is 9.25. The monoisotopic (exact) mass is 483 g/mol. The summed E-state index contributed by atoms with van der Waals surface area (Å²) in [6.07, 6.45) is 12.6. The summed E-state index contributed by atoms with van der Waals surface area (Å²) in [6, 6.07) is 2.07.